The number of aryl methyl sites for hydroxylation is 1. The Morgan fingerprint density at radius 1 is 1.13 bits per heavy atom. The number of carbonyl (C=O) groups excluding carboxylic acids is 1. The van der Waals surface area contributed by atoms with Gasteiger partial charge in [0, 0.05) is 37.0 Å². The predicted molar refractivity (Wildman–Crippen MR) is 133 cm³/mol. The number of fused-ring (bicyclic) bond motifs is 1. The molecule has 39 heavy (non-hydrogen) atoms. The second kappa shape index (κ2) is 12.4. The summed E-state index contributed by atoms with van der Waals surface area (Å²) >= 11 is 0. The molecule has 0 spiro atoms. The van der Waals surface area contributed by atoms with Crippen molar-refractivity contribution in [2.24, 2.45) is 0 Å². The Morgan fingerprint density at radius 3 is 2.41 bits per heavy atom. The fourth-order valence-electron chi connectivity index (χ4n) is 4.24. The average molecular weight is 559 g/mol. The van der Waals surface area contributed by atoms with Crippen LogP contribution < -0.4 is 14.8 Å². The molecule has 9 nitrogen and oxygen atoms in total. The van der Waals surface area contributed by atoms with E-state index in [-0.39, 0.29) is 42.3 Å². The minimum absolute atomic E-state index is 0.0667. The Bertz CT molecular complexity index is 1280. The van der Waals surface area contributed by atoms with Crippen molar-refractivity contribution in [1.29, 1.82) is 0 Å². The summed E-state index contributed by atoms with van der Waals surface area (Å²) in [5.74, 6) is 0.299. The third-order valence-corrected chi connectivity index (χ3v) is 6.16. The molecule has 2 amide bonds. The van der Waals surface area contributed by atoms with Gasteiger partial charge in [0.05, 0.1) is 37.5 Å². The molecular formula is C25H31F5N6O3. The molecule has 0 bridgehead atoms. The fourth-order valence-corrected chi connectivity index (χ4v) is 4.24. The van der Waals surface area contributed by atoms with Crippen LogP contribution in [0.25, 0.3) is 16.9 Å². The fraction of sp³-hybridized carbons (Fsp3) is 0.520. The molecule has 3 rings (SSSR count). The molecule has 214 valence electrons. The van der Waals surface area contributed by atoms with E-state index < -0.39 is 42.8 Å². The summed E-state index contributed by atoms with van der Waals surface area (Å²) in [5, 5.41) is 2.46. The number of carbonyl (C=O) groups is 1. The lowest BCUT2D eigenvalue weighted by atomic mass is 10.1. The standard InChI is InChI=1S/C25H31F5N6O3/c1-6-15(8-9-20(26)27)33-24(37)36(7-2)21(25(28,29)30)17-10-16(19(38-4)11-31-17)18-13-35-12-14(3)32-22(35)23(34-18)39-5/h10-13,15,20-21H,6-9H2,1-5H3,(H,33,37). The number of hydrogen-bond acceptors (Lipinski definition) is 6. The lowest BCUT2D eigenvalue weighted by Crippen LogP contribution is -2.50. The third-order valence-electron chi connectivity index (χ3n) is 6.16. The van der Waals surface area contributed by atoms with Gasteiger partial charge in [-0.25, -0.2) is 23.5 Å². The molecule has 0 fully saturated rings. The highest BCUT2D eigenvalue weighted by atomic mass is 19.4. The van der Waals surface area contributed by atoms with Crippen molar-refractivity contribution in [2.45, 2.75) is 64.7 Å². The molecule has 3 heterocycles. The van der Waals surface area contributed by atoms with Crippen molar-refractivity contribution in [3.05, 3.63) is 36.0 Å². The van der Waals surface area contributed by atoms with E-state index in [2.05, 4.69) is 20.3 Å². The summed E-state index contributed by atoms with van der Waals surface area (Å²) in [4.78, 5) is 26.3. The molecule has 3 aromatic rings. The molecule has 1 N–H and O–H groups in total. The SMILES string of the molecule is CCC(CCC(F)F)NC(=O)N(CC)C(c1cc(-c2cn3cc(C)nc3c(OC)n2)c(OC)cn1)C(F)(F)F. The highest BCUT2D eigenvalue weighted by Gasteiger charge is 2.47. The van der Waals surface area contributed by atoms with E-state index in [9.17, 15) is 26.7 Å². The van der Waals surface area contributed by atoms with Crippen molar-refractivity contribution in [2.75, 3.05) is 20.8 Å². The zero-order valence-corrected chi connectivity index (χ0v) is 22.2. The summed E-state index contributed by atoms with van der Waals surface area (Å²) in [6.07, 6.45) is -3.35. The average Bonchev–Trinajstić information content (AvgIpc) is 3.27. The maximum atomic E-state index is 14.5. The first kappa shape index (κ1) is 29.8. The van der Waals surface area contributed by atoms with Crippen LogP contribution in [0.5, 0.6) is 11.6 Å². The van der Waals surface area contributed by atoms with Gasteiger partial charge in [-0.05, 0) is 32.8 Å². The van der Waals surface area contributed by atoms with Crippen LogP contribution in [-0.2, 0) is 0 Å². The van der Waals surface area contributed by atoms with Gasteiger partial charge in [0.2, 0.25) is 12.1 Å². The first-order chi connectivity index (χ1) is 18.4. The van der Waals surface area contributed by atoms with E-state index in [4.69, 9.17) is 9.47 Å². The molecule has 0 radical (unpaired) electrons. The molecule has 3 aromatic heterocycles. The Hall–Kier alpha value is -3.71. The summed E-state index contributed by atoms with van der Waals surface area (Å²) in [6, 6.07) is -3.01. The van der Waals surface area contributed by atoms with Crippen LogP contribution in [-0.4, -0.2) is 69.7 Å². The van der Waals surface area contributed by atoms with Gasteiger partial charge < -0.3 is 24.1 Å². The number of methoxy groups -OCH3 is 2. The number of aromatic nitrogens is 4. The summed E-state index contributed by atoms with van der Waals surface area (Å²) in [7, 11) is 2.74. The first-order valence-corrected chi connectivity index (χ1v) is 12.3. The van der Waals surface area contributed by atoms with Gasteiger partial charge in [-0.1, -0.05) is 6.92 Å². The maximum Gasteiger partial charge on any atom is 0.414 e. The molecule has 0 aliphatic carbocycles. The molecule has 0 aromatic carbocycles. The highest BCUT2D eigenvalue weighted by Crippen LogP contribution is 2.40. The van der Waals surface area contributed by atoms with E-state index in [1.54, 1.807) is 30.6 Å². The highest BCUT2D eigenvalue weighted by molar-refractivity contribution is 5.75. The third kappa shape index (κ3) is 6.84. The second-order valence-corrected chi connectivity index (χ2v) is 8.81. The van der Waals surface area contributed by atoms with Gasteiger partial charge in [0.25, 0.3) is 5.88 Å². The number of halogens is 5. The minimum atomic E-state index is -4.91. The van der Waals surface area contributed by atoms with Crippen LogP contribution in [0, 0.1) is 6.92 Å². The second-order valence-electron chi connectivity index (χ2n) is 8.81. The van der Waals surface area contributed by atoms with Crippen molar-refractivity contribution >= 4 is 11.7 Å². The maximum absolute atomic E-state index is 14.5. The van der Waals surface area contributed by atoms with E-state index >= 15 is 0 Å². The van der Waals surface area contributed by atoms with Crippen molar-refractivity contribution < 1.29 is 36.2 Å². The van der Waals surface area contributed by atoms with Crippen molar-refractivity contribution in [3.63, 3.8) is 0 Å². The van der Waals surface area contributed by atoms with E-state index in [1.165, 1.54) is 27.2 Å². The van der Waals surface area contributed by atoms with Gasteiger partial charge in [-0.15, -0.1) is 0 Å². The van der Waals surface area contributed by atoms with Crippen LogP contribution in [0.4, 0.5) is 26.7 Å². The van der Waals surface area contributed by atoms with Crippen LogP contribution in [0.3, 0.4) is 0 Å². The lowest BCUT2D eigenvalue weighted by Gasteiger charge is -2.33. The van der Waals surface area contributed by atoms with E-state index in [0.717, 1.165) is 6.20 Å². The molecule has 0 aliphatic rings. The number of imidazole rings is 1. The number of rotatable bonds is 11. The van der Waals surface area contributed by atoms with Gasteiger partial charge >= 0.3 is 12.2 Å². The van der Waals surface area contributed by atoms with Crippen LogP contribution >= 0.6 is 0 Å². The molecular weight excluding hydrogens is 527 g/mol. The summed E-state index contributed by atoms with van der Waals surface area (Å²) in [6.45, 7) is 4.50. The van der Waals surface area contributed by atoms with Gasteiger partial charge in [-0.3, -0.25) is 4.98 Å². The number of nitrogens with one attached hydrogen (secondary N) is 1. The first-order valence-electron chi connectivity index (χ1n) is 12.3. The predicted octanol–water partition coefficient (Wildman–Crippen LogP) is 5.58. The van der Waals surface area contributed by atoms with Gasteiger partial charge in [0.15, 0.2) is 6.04 Å². The summed E-state index contributed by atoms with van der Waals surface area (Å²) in [5.41, 5.74) is 1.03. The molecule has 0 aliphatic heterocycles. The minimum Gasteiger partial charge on any atom is -0.494 e. The van der Waals surface area contributed by atoms with Gasteiger partial charge in [-0.2, -0.15) is 13.2 Å². The Kier molecular flexibility index (Phi) is 9.51. The number of ether oxygens (including phenoxy) is 2. The monoisotopic (exact) mass is 558 g/mol. The zero-order chi connectivity index (χ0) is 28.9. The molecule has 2 atom stereocenters. The molecule has 2 unspecified atom stereocenters. The topological polar surface area (TPSA) is 93.9 Å². The van der Waals surface area contributed by atoms with E-state index in [1.807, 2.05) is 0 Å². The van der Waals surface area contributed by atoms with E-state index in [0.29, 0.717) is 16.2 Å². The lowest BCUT2D eigenvalue weighted by molar-refractivity contribution is -0.179. The molecule has 0 saturated carbocycles. The Labute approximate surface area is 222 Å². The van der Waals surface area contributed by atoms with Crippen LogP contribution in [0.1, 0.15) is 50.5 Å². The smallest absolute Gasteiger partial charge is 0.414 e. The number of pyridine rings is 1. The number of amides is 2. The van der Waals surface area contributed by atoms with Crippen LogP contribution in [0.2, 0.25) is 0 Å². The van der Waals surface area contributed by atoms with Gasteiger partial charge in [0.1, 0.15) is 5.75 Å². The number of nitrogens with zero attached hydrogens (tertiary/aromatic N) is 5. The normalized spacial score (nSPS) is 13.4. The van der Waals surface area contributed by atoms with Crippen LogP contribution in [0.15, 0.2) is 24.7 Å². The van der Waals surface area contributed by atoms with Crippen molar-refractivity contribution in [3.8, 4) is 22.9 Å². The number of alkyl halides is 5. The largest absolute Gasteiger partial charge is 0.494 e. The van der Waals surface area contributed by atoms with Crippen molar-refractivity contribution in [1.82, 2.24) is 29.6 Å². The Morgan fingerprint density at radius 2 is 1.85 bits per heavy atom. The number of urea groups is 1. The summed E-state index contributed by atoms with van der Waals surface area (Å²) < 4.78 is 81.1. The zero-order valence-electron chi connectivity index (χ0n) is 22.2. The molecule has 14 heteroatoms. The molecule has 0 saturated heterocycles. The number of hydrogen-bond donors (Lipinski definition) is 1. The quantitative estimate of drug-likeness (QED) is 0.309. The Balaban J connectivity index is 2.07.